The summed E-state index contributed by atoms with van der Waals surface area (Å²) >= 11 is 1.96. The number of rotatable bonds is 9. The maximum Gasteiger partial charge on any atom is 0.00644 e. The molecule has 0 radical (unpaired) electrons. The van der Waals surface area contributed by atoms with Crippen LogP contribution in [0.15, 0.2) is 0 Å². The topological polar surface area (TPSA) is 12.0 Å². The van der Waals surface area contributed by atoms with E-state index in [2.05, 4.69) is 32.3 Å². The molecule has 0 saturated heterocycles. The summed E-state index contributed by atoms with van der Waals surface area (Å²) in [6.07, 6.45) is 8.79. The van der Waals surface area contributed by atoms with Crippen molar-refractivity contribution in [2.45, 2.75) is 64.2 Å². The van der Waals surface area contributed by atoms with Crippen molar-refractivity contribution in [3.63, 3.8) is 0 Å². The van der Waals surface area contributed by atoms with Crippen LogP contribution >= 0.6 is 11.8 Å². The number of thioether (sulfide) groups is 1. The molecule has 0 fully saturated rings. The van der Waals surface area contributed by atoms with Crippen molar-refractivity contribution in [1.82, 2.24) is 5.32 Å². The van der Waals surface area contributed by atoms with E-state index in [-0.39, 0.29) is 0 Å². The molecule has 0 aliphatic heterocycles. The zero-order valence-electron chi connectivity index (χ0n) is 10.3. The van der Waals surface area contributed by atoms with Crippen LogP contribution < -0.4 is 5.32 Å². The average Bonchev–Trinajstić information content (AvgIpc) is 2.22. The quantitative estimate of drug-likeness (QED) is 0.632. The molecule has 2 heteroatoms. The lowest BCUT2D eigenvalue weighted by Gasteiger charge is -2.17. The molecule has 0 bridgehead atoms. The summed E-state index contributed by atoms with van der Waals surface area (Å²) in [7, 11) is 0. The van der Waals surface area contributed by atoms with Gasteiger partial charge in [-0.25, -0.2) is 0 Å². The minimum absolute atomic E-state index is 0.754. The third-order valence-electron chi connectivity index (χ3n) is 2.79. The predicted molar refractivity (Wildman–Crippen MR) is 69.2 cm³/mol. The van der Waals surface area contributed by atoms with Crippen LogP contribution in [0.1, 0.15) is 52.9 Å². The van der Waals surface area contributed by atoms with Gasteiger partial charge in [-0.3, -0.25) is 0 Å². The van der Waals surface area contributed by atoms with Gasteiger partial charge < -0.3 is 5.32 Å². The Labute approximate surface area is 94.4 Å². The lowest BCUT2D eigenvalue weighted by Crippen LogP contribution is -2.30. The molecule has 86 valence electrons. The molecule has 0 amide bonds. The molecule has 0 spiro atoms. The van der Waals surface area contributed by atoms with Crippen LogP contribution in [0.5, 0.6) is 0 Å². The van der Waals surface area contributed by atoms with Crippen LogP contribution in [0, 0.1) is 0 Å². The highest BCUT2D eigenvalue weighted by Crippen LogP contribution is 2.09. The van der Waals surface area contributed by atoms with Gasteiger partial charge in [-0.2, -0.15) is 11.8 Å². The van der Waals surface area contributed by atoms with Gasteiger partial charge in [-0.1, -0.05) is 33.6 Å². The van der Waals surface area contributed by atoms with Gasteiger partial charge >= 0.3 is 0 Å². The lowest BCUT2D eigenvalue weighted by molar-refractivity contribution is 0.449. The van der Waals surface area contributed by atoms with Gasteiger partial charge in [-0.15, -0.1) is 0 Å². The standard InChI is InChI=1S/C12H27NS/c1-5-7-8-12(6-2)13-10-9-11(3)14-4/h11-13H,5-10H2,1-4H3. The summed E-state index contributed by atoms with van der Waals surface area (Å²) in [5.74, 6) is 0. The van der Waals surface area contributed by atoms with Crippen LogP contribution in [-0.2, 0) is 0 Å². The highest BCUT2D eigenvalue weighted by molar-refractivity contribution is 7.99. The Hall–Kier alpha value is 0.310. The summed E-state index contributed by atoms with van der Waals surface area (Å²) in [6, 6.07) is 0.754. The van der Waals surface area contributed by atoms with Gasteiger partial charge in [0.15, 0.2) is 0 Å². The molecule has 1 N–H and O–H groups in total. The fraction of sp³-hybridized carbons (Fsp3) is 1.00. The van der Waals surface area contributed by atoms with E-state index in [1.165, 1.54) is 38.6 Å². The molecule has 1 nitrogen and oxygen atoms in total. The maximum atomic E-state index is 3.66. The molecule has 0 aliphatic carbocycles. The van der Waals surface area contributed by atoms with Crippen molar-refractivity contribution in [1.29, 1.82) is 0 Å². The monoisotopic (exact) mass is 217 g/mol. The van der Waals surface area contributed by atoms with E-state index in [0.29, 0.717) is 0 Å². The first-order chi connectivity index (χ1) is 6.74. The highest BCUT2D eigenvalue weighted by Gasteiger charge is 2.05. The molecule has 2 unspecified atom stereocenters. The molecule has 0 aromatic heterocycles. The van der Waals surface area contributed by atoms with Gasteiger partial charge in [0, 0.05) is 11.3 Å². The number of hydrogen-bond acceptors (Lipinski definition) is 2. The Morgan fingerprint density at radius 1 is 1.21 bits per heavy atom. The predicted octanol–water partition coefficient (Wildman–Crippen LogP) is 3.69. The molecular formula is C12H27NS. The van der Waals surface area contributed by atoms with Gasteiger partial charge in [0.25, 0.3) is 0 Å². The van der Waals surface area contributed by atoms with E-state index in [0.717, 1.165) is 11.3 Å². The summed E-state index contributed by atoms with van der Waals surface area (Å²) in [6.45, 7) is 8.04. The van der Waals surface area contributed by atoms with Gasteiger partial charge in [0.2, 0.25) is 0 Å². The van der Waals surface area contributed by atoms with E-state index < -0.39 is 0 Å². The van der Waals surface area contributed by atoms with Crippen molar-refractivity contribution < 1.29 is 0 Å². The largest absolute Gasteiger partial charge is 0.314 e. The number of hydrogen-bond donors (Lipinski definition) is 1. The van der Waals surface area contributed by atoms with Gasteiger partial charge in [0.05, 0.1) is 0 Å². The fourth-order valence-corrected chi connectivity index (χ4v) is 1.86. The van der Waals surface area contributed by atoms with Gasteiger partial charge in [0.1, 0.15) is 0 Å². The van der Waals surface area contributed by atoms with Crippen LogP contribution in [0.2, 0.25) is 0 Å². The lowest BCUT2D eigenvalue weighted by atomic mass is 10.1. The van der Waals surface area contributed by atoms with Crippen LogP contribution in [0.3, 0.4) is 0 Å². The molecule has 14 heavy (non-hydrogen) atoms. The second kappa shape index (κ2) is 9.85. The van der Waals surface area contributed by atoms with Crippen LogP contribution in [0.4, 0.5) is 0 Å². The first kappa shape index (κ1) is 14.3. The molecule has 0 aliphatic rings. The molecule has 0 aromatic rings. The molecular weight excluding hydrogens is 190 g/mol. The minimum Gasteiger partial charge on any atom is -0.314 e. The van der Waals surface area contributed by atoms with Crippen LogP contribution in [-0.4, -0.2) is 24.1 Å². The van der Waals surface area contributed by atoms with E-state index in [9.17, 15) is 0 Å². The highest BCUT2D eigenvalue weighted by atomic mass is 32.2. The number of unbranched alkanes of at least 4 members (excludes halogenated alkanes) is 1. The Morgan fingerprint density at radius 3 is 2.43 bits per heavy atom. The van der Waals surface area contributed by atoms with Crippen molar-refractivity contribution in [2.24, 2.45) is 0 Å². The van der Waals surface area contributed by atoms with Crippen molar-refractivity contribution in [3.05, 3.63) is 0 Å². The SMILES string of the molecule is CCCCC(CC)NCCC(C)SC. The summed E-state index contributed by atoms with van der Waals surface area (Å²) in [4.78, 5) is 0. The first-order valence-electron chi connectivity index (χ1n) is 6.00. The molecule has 0 heterocycles. The van der Waals surface area contributed by atoms with E-state index in [1.54, 1.807) is 0 Å². The fourth-order valence-electron chi connectivity index (χ4n) is 1.51. The van der Waals surface area contributed by atoms with Crippen molar-refractivity contribution in [3.8, 4) is 0 Å². The Balaban J connectivity index is 3.42. The second-order valence-electron chi connectivity index (χ2n) is 4.04. The number of nitrogens with one attached hydrogen (secondary N) is 1. The summed E-state index contributed by atoms with van der Waals surface area (Å²) < 4.78 is 0. The van der Waals surface area contributed by atoms with E-state index >= 15 is 0 Å². The van der Waals surface area contributed by atoms with E-state index in [1.807, 2.05) is 11.8 Å². The average molecular weight is 217 g/mol. The van der Waals surface area contributed by atoms with Gasteiger partial charge in [-0.05, 0) is 32.1 Å². The zero-order valence-corrected chi connectivity index (χ0v) is 11.1. The van der Waals surface area contributed by atoms with Crippen molar-refractivity contribution >= 4 is 11.8 Å². The Morgan fingerprint density at radius 2 is 1.93 bits per heavy atom. The first-order valence-corrected chi connectivity index (χ1v) is 7.29. The Kier molecular flexibility index (Phi) is 10.1. The summed E-state index contributed by atoms with van der Waals surface area (Å²) in [5, 5.41) is 4.45. The second-order valence-corrected chi connectivity index (χ2v) is 5.31. The molecule has 0 saturated carbocycles. The van der Waals surface area contributed by atoms with E-state index in [4.69, 9.17) is 0 Å². The Bertz CT molecular complexity index is 117. The molecule has 0 rings (SSSR count). The molecule has 2 atom stereocenters. The third-order valence-corrected chi connectivity index (χ3v) is 3.83. The third kappa shape index (κ3) is 7.69. The van der Waals surface area contributed by atoms with Crippen molar-refractivity contribution in [2.75, 3.05) is 12.8 Å². The summed E-state index contributed by atoms with van der Waals surface area (Å²) in [5.41, 5.74) is 0. The van der Waals surface area contributed by atoms with Crippen LogP contribution in [0.25, 0.3) is 0 Å². The minimum atomic E-state index is 0.754. The maximum absolute atomic E-state index is 3.66. The zero-order chi connectivity index (χ0) is 10.8. The normalized spacial score (nSPS) is 15.4. The molecule has 0 aromatic carbocycles. The smallest absolute Gasteiger partial charge is 0.00644 e.